The molecule has 0 bridgehead atoms. The van der Waals surface area contributed by atoms with E-state index in [2.05, 4.69) is 124 Å². The Kier molecular flexibility index (Phi) is 7.18. The van der Waals surface area contributed by atoms with E-state index in [4.69, 9.17) is 4.98 Å². The Hall–Kier alpha value is -7.73. The predicted molar refractivity (Wildman–Crippen MR) is 219 cm³/mol. The first-order valence-corrected chi connectivity index (χ1v) is 17.9. The van der Waals surface area contributed by atoms with Gasteiger partial charge in [0, 0.05) is 44.0 Å². The minimum atomic E-state index is 0.348. The highest BCUT2D eigenvalue weighted by Crippen LogP contribution is 2.48. The van der Waals surface area contributed by atoms with Crippen molar-refractivity contribution in [2.24, 2.45) is 0 Å². The summed E-state index contributed by atoms with van der Waals surface area (Å²) >= 11 is 0. The smallest absolute Gasteiger partial charge is 0.102 e. The molecular formula is C49H29N5. The van der Waals surface area contributed by atoms with E-state index in [1.54, 1.807) is 0 Å². The predicted octanol–water partition coefficient (Wildman–Crippen LogP) is 12.0. The van der Waals surface area contributed by atoms with Crippen LogP contribution in [0.3, 0.4) is 0 Å². The van der Waals surface area contributed by atoms with Gasteiger partial charge >= 0.3 is 0 Å². The molecule has 54 heavy (non-hydrogen) atoms. The molecule has 0 radical (unpaired) electrons. The van der Waals surface area contributed by atoms with Crippen LogP contribution in [0.2, 0.25) is 0 Å². The number of nitrogens with zero attached hydrogens (tertiary/aromatic N) is 5. The Morgan fingerprint density at radius 1 is 0.389 bits per heavy atom. The van der Waals surface area contributed by atoms with Crippen LogP contribution in [0.5, 0.6) is 0 Å². The molecule has 0 spiro atoms. The Labute approximate surface area is 311 Å². The van der Waals surface area contributed by atoms with Gasteiger partial charge in [-0.15, -0.1) is 0 Å². The molecule has 0 saturated heterocycles. The monoisotopic (exact) mass is 687 g/mol. The van der Waals surface area contributed by atoms with Crippen molar-refractivity contribution in [3.05, 3.63) is 187 Å². The van der Waals surface area contributed by atoms with Gasteiger partial charge in [-0.2, -0.15) is 10.5 Å². The summed E-state index contributed by atoms with van der Waals surface area (Å²) in [6.07, 6.45) is 0. The second kappa shape index (κ2) is 12.5. The molecule has 0 N–H and O–H groups in total. The van der Waals surface area contributed by atoms with Gasteiger partial charge < -0.3 is 9.13 Å². The van der Waals surface area contributed by atoms with E-state index in [9.17, 15) is 10.5 Å². The van der Waals surface area contributed by atoms with Gasteiger partial charge in [0.1, 0.15) is 12.1 Å². The van der Waals surface area contributed by atoms with Gasteiger partial charge in [0.25, 0.3) is 0 Å². The summed E-state index contributed by atoms with van der Waals surface area (Å²) in [4.78, 5) is 5.48. The number of nitriles is 2. The van der Waals surface area contributed by atoms with Crippen molar-refractivity contribution in [1.29, 1.82) is 10.5 Å². The summed E-state index contributed by atoms with van der Waals surface area (Å²) in [5.41, 5.74) is 10.7. The summed E-state index contributed by atoms with van der Waals surface area (Å²) in [6.45, 7) is 0. The van der Waals surface area contributed by atoms with Gasteiger partial charge in [0.15, 0.2) is 0 Å². The standard InChI is InChI=1S/C49H29N5/c50-30-40-44(32-17-5-1-6-18-32)41(31-51)47(52-46(40)33-19-7-2-8-20-33)45-48-38(36-25-13-15-27-42(36)53(48)34-21-9-3-10-22-34)29-39-37-26-14-16-28-43(37)54(49(39)45)35-23-11-4-12-24-35/h1-29H. The fourth-order valence-corrected chi connectivity index (χ4v) is 8.17. The lowest BCUT2D eigenvalue weighted by molar-refractivity contribution is 1.16. The lowest BCUT2D eigenvalue weighted by Gasteiger charge is -2.19. The third-order valence-corrected chi connectivity index (χ3v) is 10.4. The van der Waals surface area contributed by atoms with Gasteiger partial charge in [-0.05, 0) is 48.0 Å². The van der Waals surface area contributed by atoms with E-state index in [-0.39, 0.29) is 0 Å². The van der Waals surface area contributed by atoms with E-state index in [1.807, 2.05) is 72.8 Å². The van der Waals surface area contributed by atoms with E-state index < -0.39 is 0 Å². The van der Waals surface area contributed by atoms with E-state index in [0.29, 0.717) is 28.1 Å². The summed E-state index contributed by atoms with van der Waals surface area (Å²) in [5.74, 6) is 0. The Balaban J connectivity index is 1.53. The number of hydrogen-bond acceptors (Lipinski definition) is 3. The topological polar surface area (TPSA) is 70.3 Å². The molecule has 250 valence electrons. The lowest BCUT2D eigenvalue weighted by atomic mass is 9.88. The van der Waals surface area contributed by atoms with E-state index in [1.165, 1.54) is 0 Å². The molecular weight excluding hydrogens is 659 g/mol. The van der Waals surface area contributed by atoms with Crippen molar-refractivity contribution >= 4 is 43.6 Å². The van der Waals surface area contributed by atoms with E-state index >= 15 is 0 Å². The zero-order valence-electron chi connectivity index (χ0n) is 29.0. The van der Waals surface area contributed by atoms with Crippen molar-refractivity contribution in [3.63, 3.8) is 0 Å². The number of rotatable bonds is 5. The summed E-state index contributed by atoms with van der Waals surface area (Å²) in [7, 11) is 0. The molecule has 7 aromatic carbocycles. The number of hydrogen-bond donors (Lipinski definition) is 0. The first-order chi connectivity index (χ1) is 26.8. The van der Waals surface area contributed by atoms with Crippen LogP contribution < -0.4 is 0 Å². The normalized spacial score (nSPS) is 11.3. The molecule has 10 rings (SSSR count). The maximum absolute atomic E-state index is 11.4. The van der Waals surface area contributed by atoms with Crippen LogP contribution in [0.25, 0.3) is 88.6 Å². The highest BCUT2D eigenvalue weighted by molar-refractivity contribution is 6.26. The Morgan fingerprint density at radius 3 is 1.28 bits per heavy atom. The van der Waals surface area contributed by atoms with Crippen LogP contribution in [-0.2, 0) is 0 Å². The molecule has 0 aliphatic rings. The highest BCUT2D eigenvalue weighted by atomic mass is 15.0. The van der Waals surface area contributed by atoms with Crippen molar-refractivity contribution in [2.45, 2.75) is 0 Å². The minimum absolute atomic E-state index is 0.348. The number of para-hydroxylation sites is 4. The molecule has 0 fully saturated rings. The molecule has 0 aliphatic heterocycles. The third-order valence-electron chi connectivity index (χ3n) is 10.4. The lowest BCUT2D eigenvalue weighted by Crippen LogP contribution is -2.05. The largest absolute Gasteiger partial charge is 0.308 e. The summed E-state index contributed by atoms with van der Waals surface area (Å²) in [6, 6.07) is 64.7. The van der Waals surface area contributed by atoms with Gasteiger partial charge in [-0.25, -0.2) is 4.98 Å². The number of pyridine rings is 1. The van der Waals surface area contributed by atoms with Crippen LogP contribution >= 0.6 is 0 Å². The zero-order valence-corrected chi connectivity index (χ0v) is 29.0. The highest BCUT2D eigenvalue weighted by Gasteiger charge is 2.30. The fraction of sp³-hybridized carbons (Fsp3) is 0. The first-order valence-electron chi connectivity index (χ1n) is 17.9. The van der Waals surface area contributed by atoms with Gasteiger partial charge in [0.05, 0.1) is 50.1 Å². The molecule has 0 unspecified atom stereocenters. The van der Waals surface area contributed by atoms with Gasteiger partial charge in [0.2, 0.25) is 0 Å². The first kappa shape index (κ1) is 31.0. The van der Waals surface area contributed by atoms with Crippen molar-refractivity contribution in [1.82, 2.24) is 14.1 Å². The van der Waals surface area contributed by atoms with Crippen LogP contribution in [-0.4, -0.2) is 14.1 Å². The molecule has 3 heterocycles. The van der Waals surface area contributed by atoms with Crippen LogP contribution in [0.4, 0.5) is 0 Å². The molecule has 5 nitrogen and oxygen atoms in total. The zero-order chi connectivity index (χ0) is 36.2. The molecule has 0 atom stereocenters. The average Bonchev–Trinajstić information content (AvgIpc) is 3.76. The van der Waals surface area contributed by atoms with Gasteiger partial charge in [-0.3, -0.25) is 0 Å². The molecule has 3 aromatic heterocycles. The van der Waals surface area contributed by atoms with Crippen LogP contribution in [0.1, 0.15) is 11.1 Å². The van der Waals surface area contributed by atoms with Gasteiger partial charge in [-0.1, -0.05) is 133 Å². The van der Waals surface area contributed by atoms with Crippen LogP contribution in [0, 0.1) is 22.7 Å². The maximum Gasteiger partial charge on any atom is 0.102 e. The third kappa shape index (κ3) is 4.60. The average molecular weight is 688 g/mol. The van der Waals surface area contributed by atoms with Crippen LogP contribution in [0.15, 0.2) is 176 Å². The number of fused-ring (bicyclic) bond motifs is 6. The number of aromatic nitrogens is 3. The maximum atomic E-state index is 11.4. The summed E-state index contributed by atoms with van der Waals surface area (Å²) in [5, 5.41) is 26.6. The minimum Gasteiger partial charge on any atom is -0.308 e. The second-order valence-electron chi connectivity index (χ2n) is 13.3. The SMILES string of the molecule is N#Cc1c(-c2ccccc2)nc(-c2c3c(cc4c5ccccc5n(-c5ccccc5)c24)c2ccccc2n3-c2ccccc2)c(C#N)c1-c1ccccc1. The molecule has 10 aromatic rings. The van der Waals surface area contributed by atoms with Crippen molar-refractivity contribution < 1.29 is 0 Å². The molecule has 5 heteroatoms. The van der Waals surface area contributed by atoms with Crippen molar-refractivity contribution in [2.75, 3.05) is 0 Å². The molecule has 0 amide bonds. The van der Waals surface area contributed by atoms with Crippen molar-refractivity contribution in [3.8, 4) is 57.2 Å². The Bertz CT molecular complexity index is 3010. The molecule has 0 saturated carbocycles. The second-order valence-corrected chi connectivity index (χ2v) is 13.3. The molecule has 0 aliphatic carbocycles. The summed E-state index contributed by atoms with van der Waals surface area (Å²) < 4.78 is 4.61. The Morgan fingerprint density at radius 2 is 0.796 bits per heavy atom. The number of benzene rings is 7. The quantitative estimate of drug-likeness (QED) is 0.181. The van der Waals surface area contributed by atoms with E-state index in [0.717, 1.165) is 71.7 Å². The fourth-order valence-electron chi connectivity index (χ4n) is 8.17.